The van der Waals surface area contributed by atoms with Gasteiger partial charge in [0.2, 0.25) is 10.0 Å². The van der Waals surface area contributed by atoms with E-state index in [1.54, 1.807) is 0 Å². The van der Waals surface area contributed by atoms with Crippen molar-refractivity contribution in [2.24, 2.45) is 0 Å². The number of anilines is 1. The molecule has 1 rings (SSSR count). The van der Waals surface area contributed by atoms with Crippen molar-refractivity contribution in [3.05, 3.63) is 24.3 Å². The van der Waals surface area contributed by atoms with Crippen LogP contribution in [0.1, 0.15) is 6.92 Å². The molecule has 114 valence electrons. The lowest BCUT2D eigenvalue weighted by Crippen LogP contribution is -2.40. The zero-order chi connectivity index (χ0) is 15.2. The molecule has 0 bridgehead atoms. The molecule has 3 N–H and O–H groups in total. The van der Waals surface area contributed by atoms with Crippen molar-refractivity contribution in [1.82, 2.24) is 9.62 Å². The van der Waals surface area contributed by atoms with Crippen LogP contribution in [0, 0.1) is 0 Å². The summed E-state index contributed by atoms with van der Waals surface area (Å²) in [6, 6.07) is 7.34. The standard InChI is InChI=1S/C13H23N3O2S2/c1-11(10-16(2)3)15-20(17,18)9-8-19-13-6-4-12(14)5-7-13/h4-7,11,15H,8-10,14H2,1-3H3. The summed E-state index contributed by atoms with van der Waals surface area (Å²) in [6.07, 6.45) is 0. The van der Waals surface area contributed by atoms with E-state index in [0.29, 0.717) is 18.0 Å². The van der Waals surface area contributed by atoms with Gasteiger partial charge in [-0.2, -0.15) is 0 Å². The molecule has 1 aromatic carbocycles. The second-order valence-electron chi connectivity index (χ2n) is 5.02. The average molecular weight is 317 g/mol. The summed E-state index contributed by atoms with van der Waals surface area (Å²) in [5.41, 5.74) is 6.31. The first-order valence-corrected chi connectivity index (χ1v) is 9.05. The Kier molecular flexibility index (Phi) is 6.81. The van der Waals surface area contributed by atoms with E-state index in [1.165, 1.54) is 11.8 Å². The fourth-order valence-corrected chi connectivity index (χ4v) is 4.36. The van der Waals surface area contributed by atoms with Gasteiger partial charge in [-0.15, -0.1) is 11.8 Å². The molecule has 0 aliphatic heterocycles. The molecule has 0 aliphatic carbocycles. The Morgan fingerprint density at radius 2 is 1.90 bits per heavy atom. The van der Waals surface area contributed by atoms with E-state index in [9.17, 15) is 8.42 Å². The highest BCUT2D eigenvalue weighted by molar-refractivity contribution is 8.00. The quantitative estimate of drug-likeness (QED) is 0.557. The lowest BCUT2D eigenvalue weighted by atomic mass is 10.3. The minimum Gasteiger partial charge on any atom is -0.399 e. The highest BCUT2D eigenvalue weighted by atomic mass is 32.2. The van der Waals surface area contributed by atoms with Crippen molar-refractivity contribution in [3.63, 3.8) is 0 Å². The van der Waals surface area contributed by atoms with Crippen LogP contribution in [0.15, 0.2) is 29.2 Å². The fraction of sp³-hybridized carbons (Fsp3) is 0.538. The number of sulfonamides is 1. The average Bonchev–Trinajstić information content (AvgIpc) is 2.29. The maximum atomic E-state index is 11.9. The smallest absolute Gasteiger partial charge is 0.212 e. The number of nitrogen functional groups attached to an aromatic ring is 1. The second-order valence-corrected chi connectivity index (χ2v) is 8.06. The van der Waals surface area contributed by atoms with Crippen LogP contribution < -0.4 is 10.5 Å². The maximum absolute atomic E-state index is 11.9. The third kappa shape index (κ3) is 7.14. The lowest BCUT2D eigenvalue weighted by molar-refractivity contribution is 0.370. The van der Waals surface area contributed by atoms with E-state index in [2.05, 4.69) is 4.72 Å². The van der Waals surface area contributed by atoms with Gasteiger partial charge >= 0.3 is 0 Å². The van der Waals surface area contributed by atoms with Crippen molar-refractivity contribution < 1.29 is 8.42 Å². The summed E-state index contributed by atoms with van der Waals surface area (Å²) >= 11 is 1.51. The fourth-order valence-electron chi connectivity index (χ4n) is 1.78. The molecular weight excluding hydrogens is 294 g/mol. The number of hydrogen-bond acceptors (Lipinski definition) is 5. The highest BCUT2D eigenvalue weighted by Gasteiger charge is 2.14. The SMILES string of the molecule is CC(CN(C)C)NS(=O)(=O)CCSc1ccc(N)cc1. The van der Waals surface area contributed by atoms with Gasteiger partial charge in [-0.05, 0) is 45.3 Å². The van der Waals surface area contributed by atoms with Gasteiger partial charge in [-0.3, -0.25) is 0 Å². The van der Waals surface area contributed by atoms with Crippen molar-refractivity contribution in [2.75, 3.05) is 37.9 Å². The number of nitrogens with one attached hydrogen (secondary N) is 1. The van der Waals surface area contributed by atoms with Gasteiger partial charge in [0.1, 0.15) is 0 Å². The number of nitrogens with zero attached hydrogens (tertiary/aromatic N) is 1. The Morgan fingerprint density at radius 1 is 1.30 bits per heavy atom. The predicted octanol–water partition coefficient (Wildman–Crippen LogP) is 1.23. The summed E-state index contributed by atoms with van der Waals surface area (Å²) < 4.78 is 26.5. The molecule has 20 heavy (non-hydrogen) atoms. The summed E-state index contributed by atoms with van der Waals surface area (Å²) in [5, 5.41) is 0. The van der Waals surface area contributed by atoms with Crippen molar-refractivity contribution in [1.29, 1.82) is 0 Å². The van der Waals surface area contributed by atoms with E-state index in [-0.39, 0.29) is 11.8 Å². The Balaban J connectivity index is 2.38. The first-order valence-electron chi connectivity index (χ1n) is 6.41. The van der Waals surface area contributed by atoms with Gasteiger partial charge in [0.05, 0.1) is 5.75 Å². The predicted molar refractivity (Wildman–Crippen MR) is 86.5 cm³/mol. The van der Waals surface area contributed by atoms with Crippen molar-refractivity contribution in [3.8, 4) is 0 Å². The van der Waals surface area contributed by atoms with E-state index >= 15 is 0 Å². The molecule has 1 atom stereocenters. The largest absolute Gasteiger partial charge is 0.399 e. The first-order chi connectivity index (χ1) is 9.28. The monoisotopic (exact) mass is 317 g/mol. The number of likely N-dealkylation sites (N-methyl/N-ethyl adjacent to an activating group) is 1. The van der Waals surface area contributed by atoms with Gasteiger partial charge in [-0.25, -0.2) is 13.1 Å². The molecule has 0 aliphatic rings. The Hall–Kier alpha value is -0.760. The molecule has 0 amide bonds. The number of thioether (sulfide) groups is 1. The maximum Gasteiger partial charge on any atom is 0.212 e. The molecule has 0 spiro atoms. The number of benzene rings is 1. The van der Waals surface area contributed by atoms with E-state index in [1.807, 2.05) is 50.2 Å². The van der Waals surface area contributed by atoms with Gasteiger partial charge < -0.3 is 10.6 Å². The van der Waals surface area contributed by atoms with Crippen LogP contribution in [0.25, 0.3) is 0 Å². The Morgan fingerprint density at radius 3 is 2.45 bits per heavy atom. The summed E-state index contributed by atoms with van der Waals surface area (Å²) in [4.78, 5) is 2.98. The number of hydrogen-bond donors (Lipinski definition) is 2. The lowest BCUT2D eigenvalue weighted by Gasteiger charge is -2.18. The van der Waals surface area contributed by atoms with Crippen LogP contribution in [-0.4, -0.2) is 51.5 Å². The zero-order valence-electron chi connectivity index (χ0n) is 12.2. The topological polar surface area (TPSA) is 75.4 Å². The number of rotatable bonds is 8. The third-order valence-electron chi connectivity index (χ3n) is 2.52. The summed E-state index contributed by atoms with van der Waals surface area (Å²) in [5.74, 6) is 0.633. The van der Waals surface area contributed by atoms with Crippen LogP contribution in [0.2, 0.25) is 0 Å². The van der Waals surface area contributed by atoms with E-state index in [0.717, 1.165) is 4.90 Å². The molecule has 0 aromatic heterocycles. The summed E-state index contributed by atoms with van der Waals surface area (Å²) in [7, 11) is 0.610. The van der Waals surface area contributed by atoms with Crippen LogP contribution >= 0.6 is 11.8 Å². The van der Waals surface area contributed by atoms with E-state index < -0.39 is 10.0 Å². The first kappa shape index (κ1) is 17.3. The molecule has 7 heteroatoms. The van der Waals surface area contributed by atoms with Gasteiger partial charge in [0.15, 0.2) is 0 Å². The minimum absolute atomic E-state index is 0.0866. The second kappa shape index (κ2) is 7.87. The molecule has 1 aromatic rings. The molecule has 5 nitrogen and oxygen atoms in total. The molecule has 0 radical (unpaired) electrons. The number of nitrogens with two attached hydrogens (primary N) is 1. The molecule has 0 saturated heterocycles. The van der Waals surface area contributed by atoms with Crippen LogP contribution in [-0.2, 0) is 10.0 Å². The van der Waals surface area contributed by atoms with Gasteiger partial charge in [0.25, 0.3) is 0 Å². The van der Waals surface area contributed by atoms with Crippen LogP contribution in [0.4, 0.5) is 5.69 Å². The van der Waals surface area contributed by atoms with Gasteiger partial charge in [0, 0.05) is 28.9 Å². The normalized spacial score (nSPS) is 13.6. The highest BCUT2D eigenvalue weighted by Crippen LogP contribution is 2.19. The van der Waals surface area contributed by atoms with E-state index in [4.69, 9.17) is 5.73 Å². The Labute approximate surface area is 126 Å². The van der Waals surface area contributed by atoms with Crippen LogP contribution in [0.3, 0.4) is 0 Å². The van der Waals surface area contributed by atoms with Crippen molar-refractivity contribution in [2.45, 2.75) is 17.9 Å². The molecule has 0 saturated carbocycles. The minimum atomic E-state index is -3.23. The van der Waals surface area contributed by atoms with Crippen molar-refractivity contribution >= 4 is 27.5 Å². The van der Waals surface area contributed by atoms with Gasteiger partial charge in [-0.1, -0.05) is 0 Å². The molecular formula is C13H23N3O2S2. The molecule has 0 heterocycles. The zero-order valence-corrected chi connectivity index (χ0v) is 13.8. The Bertz CT molecular complexity index is 501. The summed E-state index contributed by atoms with van der Waals surface area (Å²) in [6.45, 7) is 2.55. The molecule has 0 fully saturated rings. The molecule has 1 unspecified atom stereocenters. The third-order valence-corrected chi connectivity index (χ3v) is 5.30. The van der Waals surface area contributed by atoms with Crippen LogP contribution in [0.5, 0.6) is 0 Å².